The Morgan fingerprint density at radius 2 is 1.62 bits per heavy atom. The first-order valence-corrected chi connectivity index (χ1v) is 7.52. The van der Waals surface area contributed by atoms with E-state index in [-0.39, 0.29) is 0 Å². The minimum Gasteiger partial charge on any atom is -0.370 e. The summed E-state index contributed by atoms with van der Waals surface area (Å²) in [4.78, 5) is 8.22. The molecule has 0 aliphatic rings. The third kappa shape index (κ3) is 4.25. The largest absolute Gasteiger partial charge is 0.370 e. The molecule has 4 nitrogen and oxygen atoms in total. The van der Waals surface area contributed by atoms with Crippen molar-refractivity contribution in [1.29, 1.82) is 0 Å². The zero-order chi connectivity index (χ0) is 16.8. The van der Waals surface area contributed by atoms with E-state index < -0.39 is 11.6 Å². The molecule has 0 bridgehead atoms. The molecule has 1 heterocycles. The van der Waals surface area contributed by atoms with Crippen LogP contribution in [0.4, 0.5) is 26.1 Å². The number of rotatable bonds is 6. The molecule has 0 fully saturated rings. The molecule has 0 saturated heterocycles. The van der Waals surface area contributed by atoms with Gasteiger partial charge in [-0.3, -0.25) is 0 Å². The van der Waals surface area contributed by atoms with Crippen LogP contribution in [-0.2, 0) is 6.42 Å². The maximum absolute atomic E-state index is 13.2. The number of benzene rings is 2. The topological polar surface area (TPSA) is 49.8 Å². The van der Waals surface area contributed by atoms with Crippen molar-refractivity contribution in [2.45, 2.75) is 6.42 Å². The molecular formula is C18H16F2N4. The summed E-state index contributed by atoms with van der Waals surface area (Å²) in [7, 11) is 0. The van der Waals surface area contributed by atoms with Crippen molar-refractivity contribution in [2.75, 3.05) is 17.2 Å². The molecule has 1 aromatic heterocycles. The highest BCUT2D eigenvalue weighted by molar-refractivity contribution is 5.58. The monoisotopic (exact) mass is 326 g/mol. The van der Waals surface area contributed by atoms with Gasteiger partial charge in [0.25, 0.3) is 0 Å². The minimum absolute atomic E-state index is 0.419. The molecule has 122 valence electrons. The van der Waals surface area contributed by atoms with Gasteiger partial charge in [-0.15, -0.1) is 0 Å². The number of nitrogens with one attached hydrogen (secondary N) is 2. The SMILES string of the molecule is Fc1ccc(Nc2cc(NCCc3ccccc3)ncn2)cc1F. The van der Waals surface area contributed by atoms with Gasteiger partial charge in [0.05, 0.1) is 0 Å². The molecule has 0 amide bonds. The lowest BCUT2D eigenvalue weighted by molar-refractivity contribution is 0.509. The lowest BCUT2D eigenvalue weighted by Gasteiger charge is -2.09. The fraction of sp³-hybridized carbons (Fsp3) is 0.111. The number of hydrogen-bond acceptors (Lipinski definition) is 4. The van der Waals surface area contributed by atoms with Crippen LogP contribution in [0.15, 0.2) is 60.9 Å². The van der Waals surface area contributed by atoms with Crippen molar-refractivity contribution in [1.82, 2.24) is 9.97 Å². The van der Waals surface area contributed by atoms with Crippen LogP contribution in [0.1, 0.15) is 5.56 Å². The summed E-state index contributed by atoms with van der Waals surface area (Å²) >= 11 is 0. The highest BCUT2D eigenvalue weighted by Gasteiger charge is 2.04. The fourth-order valence-electron chi connectivity index (χ4n) is 2.22. The van der Waals surface area contributed by atoms with Gasteiger partial charge in [0, 0.05) is 24.4 Å². The molecular weight excluding hydrogens is 310 g/mol. The van der Waals surface area contributed by atoms with E-state index in [4.69, 9.17) is 0 Å². The van der Waals surface area contributed by atoms with E-state index in [1.165, 1.54) is 18.0 Å². The van der Waals surface area contributed by atoms with Crippen molar-refractivity contribution >= 4 is 17.3 Å². The van der Waals surface area contributed by atoms with Gasteiger partial charge in [-0.1, -0.05) is 30.3 Å². The Morgan fingerprint density at radius 3 is 2.42 bits per heavy atom. The highest BCUT2D eigenvalue weighted by atomic mass is 19.2. The molecule has 2 N–H and O–H groups in total. The van der Waals surface area contributed by atoms with Crippen LogP contribution in [-0.4, -0.2) is 16.5 Å². The third-order valence-electron chi connectivity index (χ3n) is 3.42. The van der Waals surface area contributed by atoms with Crippen LogP contribution in [0.2, 0.25) is 0 Å². The van der Waals surface area contributed by atoms with Crippen LogP contribution in [0, 0.1) is 11.6 Å². The molecule has 0 aliphatic heterocycles. The molecule has 0 aliphatic carbocycles. The lowest BCUT2D eigenvalue weighted by Crippen LogP contribution is -2.07. The van der Waals surface area contributed by atoms with Crippen molar-refractivity contribution in [2.24, 2.45) is 0 Å². The number of anilines is 3. The predicted molar refractivity (Wildman–Crippen MR) is 90.3 cm³/mol. The summed E-state index contributed by atoms with van der Waals surface area (Å²) in [5.74, 6) is -0.633. The first-order valence-electron chi connectivity index (χ1n) is 7.52. The fourth-order valence-corrected chi connectivity index (χ4v) is 2.22. The van der Waals surface area contributed by atoms with E-state index in [0.29, 0.717) is 17.3 Å². The molecule has 0 saturated carbocycles. The van der Waals surface area contributed by atoms with E-state index >= 15 is 0 Å². The Hall–Kier alpha value is -3.02. The van der Waals surface area contributed by atoms with E-state index in [1.807, 2.05) is 18.2 Å². The molecule has 0 spiro atoms. The second-order valence-electron chi connectivity index (χ2n) is 5.20. The van der Waals surface area contributed by atoms with Crippen LogP contribution in [0.25, 0.3) is 0 Å². The molecule has 2 aromatic carbocycles. The number of nitrogens with zero attached hydrogens (tertiary/aromatic N) is 2. The van der Waals surface area contributed by atoms with Gasteiger partial charge in [-0.05, 0) is 24.1 Å². The number of halogens is 2. The Kier molecular flexibility index (Phi) is 4.96. The smallest absolute Gasteiger partial charge is 0.160 e. The van der Waals surface area contributed by atoms with Gasteiger partial charge in [0.1, 0.15) is 18.0 Å². The Labute approximate surface area is 138 Å². The van der Waals surface area contributed by atoms with Gasteiger partial charge in [0.15, 0.2) is 11.6 Å². The van der Waals surface area contributed by atoms with E-state index in [1.54, 1.807) is 6.07 Å². The highest BCUT2D eigenvalue weighted by Crippen LogP contribution is 2.18. The van der Waals surface area contributed by atoms with Crippen LogP contribution in [0.3, 0.4) is 0 Å². The first kappa shape index (κ1) is 15.9. The Morgan fingerprint density at radius 1 is 0.833 bits per heavy atom. The van der Waals surface area contributed by atoms with Crippen molar-refractivity contribution in [3.63, 3.8) is 0 Å². The van der Waals surface area contributed by atoms with Crippen LogP contribution >= 0.6 is 0 Å². The molecule has 0 atom stereocenters. The average Bonchev–Trinajstić information content (AvgIpc) is 2.60. The van der Waals surface area contributed by atoms with Gasteiger partial charge in [0.2, 0.25) is 0 Å². The van der Waals surface area contributed by atoms with E-state index in [0.717, 1.165) is 25.1 Å². The minimum atomic E-state index is -0.907. The zero-order valence-corrected chi connectivity index (χ0v) is 12.8. The predicted octanol–water partition coefficient (Wildman–Crippen LogP) is 4.15. The maximum atomic E-state index is 13.2. The zero-order valence-electron chi connectivity index (χ0n) is 12.8. The summed E-state index contributed by atoms with van der Waals surface area (Å²) < 4.78 is 26.2. The average molecular weight is 326 g/mol. The molecule has 3 aromatic rings. The molecule has 0 radical (unpaired) electrons. The van der Waals surface area contributed by atoms with Crippen LogP contribution in [0.5, 0.6) is 0 Å². The van der Waals surface area contributed by atoms with Gasteiger partial charge in [-0.2, -0.15) is 0 Å². The van der Waals surface area contributed by atoms with Crippen molar-refractivity contribution in [3.05, 3.63) is 78.1 Å². The van der Waals surface area contributed by atoms with Crippen molar-refractivity contribution < 1.29 is 8.78 Å². The summed E-state index contributed by atoms with van der Waals surface area (Å²) in [6, 6.07) is 15.4. The summed E-state index contributed by atoms with van der Waals surface area (Å²) in [5.41, 5.74) is 1.65. The maximum Gasteiger partial charge on any atom is 0.160 e. The molecule has 24 heavy (non-hydrogen) atoms. The van der Waals surface area contributed by atoms with Gasteiger partial charge >= 0.3 is 0 Å². The van der Waals surface area contributed by atoms with Crippen molar-refractivity contribution in [3.8, 4) is 0 Å². The molecule has 6 heteroatoms. The van der Waals surface area contributed by atoms with Crippen LogP contribution < -0.4 is 10.6 Å². The number of aromatic nitrogens is 2. The normalized spacial score (nSPS) is 10.4. The standard InChI is InChI=1S/C18H16F2N4/c19-15-7-6-14(10-16(15)20)24-18-11-17(22-12-23-18)21-9-8-13-4-2-1-3-5-13/h1-7,10-12H,8-9H2,(H2,21,22,23,24). The van der Waals surface area contributed by atoms with Gasteiger partial charge < -0.3 is 10.6 Å². The molecule has 0 unspecified atom stereocenters. The number of hydrogen-bond donors (Lipinski definition) is 2. The quantitative estimate of drug-likeness (QED) is 0.714. The lowest BCUT2D eigenvalue weighted by atomic mass is 10.1. The summed E-state index contributed by atoms with van der Waals surface area (Å²) in [6.07, 6.45) is 2.28. The Bertz CT molecular complexity index is 809. The second kappa shape index (κ2) is 7.50. The Balaban J connectivity index is 1.60. The second-order valence-corrected chi connectivity index (χ2v) is 5.20. The van der Waals surface area contributed by atoms with Gasteiger partial charge in [-0.25, -0.2) is 18.7 Å². The molecule has 3 rings (SSSR count). The van der Waals surface area contributed by atoms with E-state index in [2.05, 4.69) is 32.7 Å². The summed E-state index contributed by atoms with van der Waals surface area (Å²) in [5, 5.41) is 6.14. The third-order valence-corrected chi connectivity index (χ3v) is 3.42. The van der Waals surface area contributed by atoms with E-state index in [9.17, 15) is 8.78 Å². The summed E-state index contributed by atoms with van der Waals surface area (Å²) in [6.45, 7) is 0.728. The first-order chi connectivity index (χ1) is 11.7.